The summed E-state index contributed by atoms with van der Waals surface area (Å²) >= 11 is 0. The topological polar surface area (TPSA) is 82.6 Å². The predicted octanol–water partition coefficient (Wildman–Crippen LogP) is 1.11. The third-order valence-corrected chi connectivity index (χ3v) is 3.29. The van der Waals surface area contributed by atoms with E-state index in [0.29, 0.717) is 18.9 Å². The van der Waals surface area contributed by atoms with Crippen molar-refractivity contribution in [3.8, 4) is 0 Å². The Morgan fingerprint density at radius 1 is 1.42 bits per heavy atom. The van der Waals surface area contributed by atoms with Crippen molar-refractivity contribution in [2.24, 2.45) is 0 Å². The van der Waals surface area contributed by atoms with Gasteiger partial charge < -0.3 is 19.7 Å². The smallest absolute Gasteiger partial charge is 0.305 e. The summed E-state index contributed by atoms with van der Waals surface area (Å²) < 4.78 is 5.28. The average molecular weight is 266 g/mol. The highest BCUT2D eigenvalue weighted by Crippen LogP contribution is 2.17. The van der Waals surface area contributed by atoms with Gasteiger partial charge in [0, 0.05) is 32.0 Å². The molecule has 1 saturated heterocycles. The Morgan fingerprint density at radius 2 is 2.16 bits per heavy atom. The van der Waals surface area contributed by atoms with Gasteiger partial charge in [0.05, 0.1) is 6.42 Å². The number of rotatable bonds is 5. The Kier molecular flexibility index (Phi) is 4.57. The van der Waals surface area contributed by atoms with E-state index < -0.39 is 5.97 Å². The fourth-order valence-electron chi connectivity index (χ4n) is 2.28. The molecular formula is C13H18N2O4. The molecule has 1 fully saturated rings. The van der Waals surface area contributed by atoms with Gasteiger partial charge >= 0.3 is 5.97 Å². The Morgan fingerprint density at radius 3 is 2.74 bits per heavy atom. The number of aromatic nitrogens is 1. The van der Waals surface area contributed by atoms with Crippen LogP contribution in [0.4, 0.5) is 0 Å². The van der Waals surface area contributed by atoms with Crippen molar-refractivity contribution < 1.29 is 19.4 Å². The van der Waals surface area contributed by atoms with Gasteiger partial charge in [-0.3, -0.25) is 9.59 Å². The minimum absolute atomic E-state index is 0.0379. The summed E-state index contributed by atoms with van der Waals surface area (Å²) in [5.41, 5.74) is 0.497. The van der Waals surface area contributed by atoms with Crippen molar-refractivity contribution >= 4 is 11.9 Å². The standard InChI is InChI=1S/C13H18N2O4/c16-12(17)3-7-15(10-4-8-19-9-5-10)13(18)11-2-1-6-14-11/h1-2,6,10,14H,3-5,7-9H2,(H,16,17). The number of carbonyl (C=O) groups excluding carboxylic acids is 1. The molecule has 0 unspecified atom stereocenters. The molecule has 0 saturated carbocycles. The van der Waals surface area contributed by atoms with Crippen LogP contribution in [0.25, 0.3) is 0 Å². The lowest BCUT2D eigenvalue weighted by Gasteiger charge is -2.33. The normalized spacial score (nSPS) is 16.2. The number of nitrogens with one attached hydrogen (secondary N) is 1. The number of ether oxygens (including phenoxy) is 1. The van der Waals surface area contributed by atoms with Crippen molar-refractivity contribution in [1.82, 2.24) is 9.88 Å². The number of carboxylic acid groups (broad SMARTS) is 1. The quantitative estimate of drug-likeness (QED) is 0.836. The van der Waals surface area contributed by atoms with E-state index in [-0.39, 0.29) is 24.9 Å². The number of hydrogen-bond donors (Lipinski definition) is 2. The zero-order valence-electron chi connectivity index (χ0n) is 10.7. The highest BCUT2D eigenvalue weighted by molar-refractivity contribution is 5.92. The highest BCUT2D eigenvalue weighted by Gasteiger charge is 2.27. The molecule has 0 spiro atoms. The molecule has 6 heteroatoms. The number of hydrogen-bond acceptors (Lipinski definition) is 3. The second-order valence-electron chi connectivity index (χ2n) is 4.57. The molecule has 0 atom stereocenters. The van der Waals surface area contributed by atoms with Crippen LogP contribution in [0.5, 0.6) is 0 Å². The lowest BCUT2D eigenvalue weighted by Crippen LogP contribution is -2.44. The molecule has 6 nitrogen and oxygen atoms in total. The molecule has 1 aliphatic heterocycles. The zero-order chi connectivity index (χ0) is 13.7. The Balaban J connectivity index is 2.08. The average Bonchev–Trinajstić information content (AvgIpc) is 2.93. The zero-order valence-corrected chi connectivity index (χ0v) is 10.7. The van der Waals surface area contributed by atoms with Crippen LogP contribution in [-0.4, -0.2) is 52.7 Å². The SMILES string of the molecule is O=C(O)CCN(C(=O)c1ccc[nH]1)C1CCOCC1. The van der Waals surface area contributed by atoms with Gasteiger partial charge in [-0.2, -0.15) is 0 Å². The molecule has 0 aliphatic carbocycles. The molecule has 19 heavy (non-hydrogen) atoms. The maximum Gasteiger partial charge on any atom is 0.305 e. The first-order chi connectivity index (χ1) is 9.18. The van der Waals surface area contributed by atoms with Gasteiger partial charge in [-0.25, -0.2) is 0 Å². The number of nitrogens with zero attached hydrogens (tertiary/aromatic N) is 1. The fourth-order valence-corrected chi connectivity index (χ4v) is 2.28. The molecule has 1 amide bonds. The Bertz CT molecular complexity index is 424. The summed E-state index contributed by atoms with van der Waals surface area (Å²) in [4.78, 5) is 27.6. The van der Waals surface area contributed by atoms with Gasteiger partial charge in [0.15, 0.2) is 0 Å². The second kappa shape index (κ2) is 6.38. The maximum absolute atomic E-state index is 12.4. The molecule has 1 aliphatic rings. The summed E-state index contributed by atoms with van der Waals surface area (Å²) in [6.07, 6.45) is 3.16. The predicted molar refractivity (Wildman–Crippen MR) is 67.9 cm³/mol. The minimum Gasteiger partial charge on any atom is -0.481 e. The lowest BCUT2D eigenvalue weighted by molar-refractivity contribution is -0.137. The van der Waals surface area contributed by atoms with E-state index in [1.54, 1.807) is 23.2 Å². The van der Waals surface area contributed by atoms with Crippen LogP contribution < -0.4 is 0 Å². The van der Waals surface area contributed by atoms with E-state index in [0.717, 1.165) is 12.8 Å². The third kappa shape index (κ3) is 3.57. The van der Waals surface area contributed by atoms with E-state index in [4.69, 9.17) is 9.84 Å². The van der Waals surface area contributed by atoms with Gasteiger partial charge in [-0.1, -0.05) is 0 Å². The van der Waals surface area contributed by atoms with Crippen LogP contribution in [0.1, 0.15) is 29.8 Å². The molecule has 2 rings (SSSR count). The highest BCUT2D eigenvalue weighted by atomic mass is 16.5. The van der Waals surface area contributed by atoms with Crippen molar-refractivity contribution in [3.05, 3.63) is 24.0 Å². The number of H-pyrrole nitrogens is 1. The van der Waals surface area contributed by atoms with Gasteiger partial charge in [0.2, 0.25) is 0 Å². The fraction of sp³-hybridized carbons (Fsp3) is 0.538. The van der Waals surface area contributed by atoms with Gasteiger partial charge in [0.25, 0.3) is 5.91 Å². The Hall–Kier alpha value is -1.82. The molecule has 104 valence electrons. The van der Waals surface area contributed by atoms with E-state index in [2.05, 4.69) is 4.98 Å². The largest absolute Gasteiger partial charge is 0.481 e. The molecule has 0 radical (unpaired) electrons. The van der Waals surface area contributed by atoms with Crippen molar-refractivity contribution in [2.75, 3.05) is 19.8 Å². The van der Waals surface area contributed by atoms with Crippen LogP contribution in [0.3, 0.4) is 0 Å². The summed E-state index contributed by atoms with van der Waals surface area (Å²) in [5.74, 6) is -1.03. The van der Waals surface area contributed by atoms with Gasteiger partial charge in [0.1, 0.15) is 5.69 Å². The molecule has 0 aromatic carbocycles. The van der Waals surface area contributed by atoms with Crippen molar-refractivity contribution in [1.29, 1.82) is 0 Å². The number of aromatic amines is 1. The molecule has 1 aromatic heterocycles. The summed E-state index contributed by atoms with van der Waals surface area (Å²) in [6.45, 7) is 1.47. The molecule has 0 bridgehead atoms. The minimum atomic E-state index is -0.892. The molecular weight excluding hydrogens is 248 g/mol. The van der Waals surface area contributed by atoms with Crippen LogP contribution >= 0.6 is 0 Å². The molecule has 2 N–H and O–H groups in total. The van der Waals surface area contributed by atoms with Crippen LogP contribution in [0, 0.1) is 0 Å². The first-order valence-corrected chi connectivity index (χ1v) is 6.42. The van der Waals surface area contributed by atoms with Crippen LogP contribution in [0.2, 0.25) is 0 Å². The third-order valence-electron chi connectivity index (χ3n) is 3.29. The molecule has 2 heterocycles. The number of aliphatic carboxylic acids is 1. The van der Waals surface area contributed by atoms with Crippen LogP contribution in [-0.2, 0) is 9.53 Å². The maximum atomic E-state index is 12.4. The van der Waals surface area contributed by atoms with E-state index in [1.165, 1.54) is 0 Å². The van der Waals surface area contributed by atoms with E-state index in [1.807, 2.05) is 0 Å². The second-order valence-corrected chi connectivity index (χ2v) is 4.57. The molecule has 1 aromatic rings. The van der Waals surface area contributed by atoms with E-state index in [9.17, 15) is 9.59 Å². The van der Waals surface area contributed by atoms with Crippen molar-refractivity contribution in [3.63, 3.8) is 0 Å². The van der Waals surface area contributed by atoms with Crippen molar-refractivity contribution in [2.45, 2.75) is 25.3 Å². The number of amides is 1. The van der Waals surface area contributed by atoms with E-state index >= 15 is 0 Å². The van der Waals surface area contributed by atoms with Gasteiger partial charge in [-0.05, 0) is 25.0 Å². The van der Waals surface area contributed by atoms with Gasteiger partial charge in [-0.15, -0.1) is 0 Å². The van der Waals surface area contributed by atoms with Crippen LogP contribution in [0.15, 0.2) is 18.3 Å². The Labute approximate surface area is 111 Å². The summed E-state index contributed by atoms with van der Waals surface area (Å²) in [7, 11) is 0. The lowest BCUT2D eigenvalue weighted by atomic mass is 10.1. The monoisotopic (exact) mass is 266 g/mol. The summed E-state index contributed by atoms with van der Waals surface area (Å²) in [5, 5.41) is 8.80. The first-order valence-electron chi connectivity index (χ1n) is 6.42. The summed E-state index contributed by atoms with van der Waals surface area (Å²) in [6, 6.07) is 3.52. The first kappa shape index (κ1) is 13.6. The number of carbonyl (C=O) groups is 2. The number of carboxylic acids is 1.